The molecule has 2 N–H and O–H groups in total. The Labute approximate surface area is 88.4 Å². The minimum absolute atomic E-state index is 0.169. The van der Waals surface area contributed by atoms with Crippen LogP contribution in [0.5, 0.6) is 0 Å². The van der Waals surface area contributed by atoms with Crippen LogP contribution >= 0.6 is 11.6 Å². The van der Waals surface area contributed by atoms with Crippen molar-refractivity contribution in [3.05, 3.63) is 46.8 Å². The van der Waals surface area contributed by atoms with Crippen molar-refractivity contribution in [2.24, 2.45) is 5.73 Å². The first kappa shape index (κ1) is 11.2. The van der Waals surface area contributed by atoms with Crippen LogP contribution < -0.4 is 5.73 Å². The molecule has 3 heteroatoms. The van der Waals surface area contributed by atoms with Crippen molar-refractivity contribution in [3.63, 3.8) is 0 Å². The van der Waals surface area contributed by atoms with E-state index < -0.39 is 5.82 Å². The fraction of sp³-hybridized carbons (Fsp3) is 0.273. The molecule has 1 rings (SSSR count). The molecule has 1 unspecified atom stereocenters. The zero-order valence-electron chi connectivity index (χ0n) is 8.06. The molecule has 0 fully saturated rings. The number of nitrogens with two attached hydrogens (primary N) is 1. The van der Waals surface area contributed by atoms with Crippen molar-refractivity contribution in [2.75, 3.05) is 0 Å². The fourth-order valence-electron chi connectivity index (χ4n) is 1.41. The lowest BCUT2D eigenvalue weighted by molar-refractivity contribution is 0.624. The third-order valence-corrected chi connectivity index (χ3v) is 2.61. The van der Waals surface area contributed by atoms with E-state index in [0.717, 1.165) is 11.1 Å². The Morgan fingerprint density at radius 1 is 1.64 bits per heavy atom. The number of hydrogen-bond acceptors (Lipinski definition) is 1. The van der Waals surface area contributed by atoms with Crippen LogP contribution in [0, 0.1) is 5.82 Å². The maximum atomic E-state index is 13.1. The molecule has 76 valence electrons. The van der Waals surface area contributed by atoms with Gasteiger partial charge >= 0.3 is 0 Å². The maximum absolute atomic E-state index is 13.1. The van der Waals surface area contributed by atoms with Crippen LogP contribution in [0.3, 0.4) is 0 Å². The number of rotatable bonds is 3. The fourth-order valence-corrected chi connectivity index (χ4v) is 1.71. The molecule has 0 saturated carbocycles. The standard InChI is InChI=1S/C11H13ClFN/c1-3-7-8(10(14)4-2)5-6-9(13)11(7)12/h4-6,10H,2-3,14H2,1H3. The van der Waals surface area contributed by atoms with Gasteiger partial charge in [-0.25, -0.2) is 4.39 Å². The molecule has 0 aliphatic rings. The summed E-state index contributed by atoms with van der Waals surface area (Å²) in [5.74, 6) is -0.400. The Morgan fingerprint density at radius 2 is 2.29 bits per heavy atom. The molecule has 1 atom stereocenters. The molecule has 0 aromatic heterocycles. The van der Waals surface area contributed by atoms with Gasteiger partial charge in [-0.3, -0.25) is 0 Å². The maximum Gasteiger partial charge on any atom is 0.142 e. The average Bonchev–Trinajstić information content (AvgIpc) is 2.20. The lowest BCUT2D eigenvalue weighted by Crippen LogP contribution is -2.10. The molecule has 0 heterocycles. The molecule has 0 radical (unpaired) electrons. The topological polar surface area (TPSA) is 26.0 Å². The smallest absolute Gasteiger partial charge is 0.142 e. The van der Waals surface area contributed by atoms with E-state index in [1.165, 1.54) is 6.07 Å². The molecular weight excluding hydrogens is 201 g/mol. The Morgan fingerprint density at radius 3 is 2.79 bits per heavy atom. The predicted octanol–water partition coefficient (Wildman–Crippen LogP) is 3.23. The monoisotopic (exact) mass is 213 g/mol. The quantitative estimate of drug-likeness (QED) is 0.767. The minimum Gasteiger partial charge on any atom is -0.321 e. The van der Waals surface area contributed by atoms with E-state index in [1.54, 1.807) is 12.1 Å². The van der Waals surface area contributed by atoms with Crippen molar-refractivity contribution in [1.29, 1.82) is 0 Å². The molecule has 0 amide bonds. The lowest BCUT2D eigenvalue weighted by Gasteiger charge is -2.13. The van der Waals surface area contributed by atoms with E-state index >= 15 is 0 Å². The summed E-state index contributed by atoms with van der Waals surface area (Å²) in [4.78, 5) is 0. The number of hydrogen-bond donors (Lipinski definition) is 1. The van der Waals surface area contributed by atoms with Crippen LogP contribution in [0.2, 0.25) is 5.02 Å². The van der Waals surface area contributed by atoms with Crippen LogP contribution in [-0.2, 0) is 6.42 Å². The third-order valence-electron chi connectivity index (χ3n) is 2.20. The van der Waals surface area contributed by atoms with E-state index in [9.17, 15) is 4.39 Å². The lowest BCUT2D eigenvalue weighted by atomic mass is 9.99. The van der Waals surface area contributed by atoms with Gasteiger partial charge in [0.05, 0.1) is 5.02 Å². The molecular formula is C11H13ClFN. The highest BCUT2D eigenvalue weighted by atomic mass is 35.5. The molecule has 1 nitrogen and oxygen atoms in total. The van der Waals surface area contributed by atoms with Gasteiger partial charge in [0.25, 0.3) is 0 Å². The zero-order valence-corrected chi connectivity index (χ0v) is 8.81. The summed E-state index contributed by atoms with van der Waals surface area (Å²) in [5, 5.41) is 0.169. The Balaban J connectivity index is 3.30. The van der Waals surface area contributed by atoms with Gasteiger partial charge < -0.3 is 5.73 Å². The Kier molecular flexibility index (Phi) is 3.67. The Hall–Kier alpha value is -0.860. The summed E-state index contributed by atoms with van der Waals surface area (Å²) in [6, 6.07) is 2.70. The normalized spacial score (nSPS) is 12.6. The first-order valence-electron chi connectivity index (χ1n) is 4.46. The SMILES string of the molecule is C=CC(N)c1ccc(F)c(Cl)c1CC. The molecule has 0 aliphatic heterocycles. The van der Waals surface area contributed by atoms with Crippen LogP contribution in [0.4, 0.5) is 4.39 Å². The summed E-state index contributed by atoms with van der Waals surface area (Å²) in [6.45, 7) is 5.52. The molecule has 0 spiro atoms. The first-order chi connectivity index (χ1) is 6.61. The van der Waals surface area contributed by atoms with Crippen LogP contribution in [0.15, 0.2) is 24.8 Å². The van der Waals surface area contributed by atoms with Gasteiger partial charge in [-0.1, -0.05) is 30.7 Å². The van der Waals surface area contributed by atoms with Gasteiger partial charge in [0, 0.05) is 6.04 Å². The third kappa shape index (κ3) is 1.97. The highest BCUT2D eigenvalue weighted by Gasteiger charge is 2.13. The molecule has 0 aliphatic carbocycles. The minimum atomic E-state index is -0.400. The summed E-state index contributed by atoms with van der Waals surface area (Å²) in [6.07, 6.45) is 2.27. The van der Waals surface area contributed by atoms with Crippen LogP contribution in [-0.4, -0.2) is 0 Å². The summed E-state index contributed by atoms with van der Waals surface area (Å²) in [5.41, 5.74) is 7.40. The summed E-state index contributed by atoms with van der Waals surface area (Å²) >= 11 is 5.83. The molecule has 1 aromatic carbocycles. The first-order valence-corrected chi connectivity index (χ1v) is 4.84. The second kappa shape index (κ2) is 4.58. The van der Waals surface area contributed by atoms with Crippen molar-refractivity contribution >= 4 is 11.6 Å². The van der Waals surface area contributed by atoms with E-state index in [1.807, 2.05) is 6.92 Å². The highest BCUT2D eigenvalue weighted by Crippen LogP contribution is 2.27. The highest BCUT2D eigenvalue weighted by molar-refractivity contribution is 6.31. The zero-order chi connectivity index (χ0) is 10.7. The van der Waals surface area contributed by atoms with E-state index in [-0.39, 0.29) is 11.1 Å². The van der Waals surface area contributed by atoms with Gasteiger partial charge in [-0.2, -0.15) is 0 Å². The average molecular weight is 214 g/mol. The summed E-state index contributed by atoms with van der Waals surface area (Å²) in [7, 11) is 0. The summed E-state index contributed by atoms with van der Waals surface area (Å²) < 4.78 is 13.1. The second-order valence-corrected chi connectivity index (χ2v) is 3.42. The van der Waals surface area contributed by atoms with E-state index in [4.69, 9.17) is 17.3 Å². The van der Waals surface area contributed by atoms with Crippen molar-refractivity contribution in [1.82, 2.24) is 0 Å². The number of halogens is 2. The largest absolute Gasteiger partial charge is 0.321 e. The molecule has 14 heavy (non-hydrogen) atoms. The van der Waals surface area contributed by atoms with Crippen LogP contribution in [0.1, 0.15) is 24.1 Å². The van der Waals surface area contributed by atoms with Crippen molar-refractivity contribution < 1.29 is 4.39 Å². The van der Waals surface area contributed by atoms with Crippen LogP contribution in [0.25, 0.3) is 0 Å². The van der Waals surface area contributed by atoms with Gasteiger partial charge in [0.2, 0.25) is 0 Å². The number of benzene rings is 1. The predicted molar refractivity (Wildman–Crippen MR) is 57.9 cm³/mol. The van der Waals surface area contributed by atoms with Gasteiger partial charge in [0.1, 0.15) is 5.82 Å². The van der Waals surface area contributed by atoms with Gasteiger partial charge in [-0.05, 0) is 23.6 Å². The van der Waals surface area contributed by atoms with Gasteiger partial charge in [0.15, 0.2) is 0 Å². The van der Waals surface area contributed by atoms with E-state index in [0.29, 0.717) is 6.42 Å². The van der Waals surface area contributed by atoms with Gasteiger partial charge in [-0.15, -0.1) is 6.58 Å². The molecule has 0 saturated heterocycles. The van der Waals surface area contributed by atoms with Crippen molar-refractivity contribution in [3.8, 4) is 0 Å². The Bertz CT molecular complexity index is 349. The molecule has 0 bridgehead atoms. The second-order valence-electron chi connectivity index (χ2n) is 3.04. The van der Waals surface area contributed by atoms with Crippen molar-refractivity contribution in [2.45, 2.75) is 19.4 Å². The molecule has 1 aromatic rings. The van der Waals surface area contributed by atoms with E-state index in [2.05, 4.69) is 6.58 Å².